The summed E-state index contributed by atoms with van der Waals surface area (Å²) in [7, 11) is 1.30. The zero-order chi connectivity index (χ0) is 27.1. The topological polar surface area (TPSA) is 115 Å². The van der Waals surface area contributed by atoms with Crippen molar-refractivity contribution in [3.63, 3.8) is 0 Å². The lowest BCUT2D eigenvalue weighted by Gasteiger charge is -2.42. The molecule has 9 nitrogen and oxygen atoms in total. The maximum Gasteiger partial charge on any atom is 0.306 e. The molecule has 6 rings (SSSR count). The van der Waals surface area contributed by atoms with E-state index in [1.165, 1.54) is 13.2 Å². The highest BCUT2D eigenvalue weighted by Gasteiger charge is 2.35. The van der Waals surface area contributed by atoms with Crippen LogP contribution >= 0.6 is 0 Å². The Morgan fingerprint density at radius 3 is 2.85 bits per heavy atom. The van der Waals surface area contributed by atoms with E-state index >= 15 is 0 Å². The minimum absolute atomic E-state index is 0.0333. The molecule has 5 heterocycles. The maximum absolute atomic E-state index is 12.9. The Hall–Kier alpha value is -4.24. The van der Waals surface area contributed by atoms with Gasteiger partial charge in [0.15, 0.2) is 5.76 Å². The van der Waals surface area contributed by atoms with Gasteiger partial charge in [-0.05, 0) is 42.2 Å². The number of piperidine rings is 1. The number of pyridine rings is 2. The molecule has 1 fully saturated rings. The number of esters is 1. The van der Waals surface area contributed by atoms with Gasteiger partial charge in [-0.25, -0.2) is 0 Å². The molecule has 3 aromatic heterocycles. The van der Waals surface area contributed by atoms with Gasteiger partial charge >= 0.3 is 5.97 Å². The number of hydrogen-bond acceptors (Lipinski definition) is 8. The lowest BCUT2D eigenvalue weighted by Crippen LogP contribution is -2.46. The first kappa shape index (κ1) is 25.1. The second kappa shape index (κ2) is 10.1. The number of methoxy groups -OCH3 is 1. The fraction of sp³-hybridized carbons (Fsp3) is 0.333. The molecule has 2 bridgehead atoms. The van der Waals surface area contributed by atoms with Crippen molar-refractivity contribution in [1.82, 2.24) is 14.5 Å². The fourth-order valence-electron chi connectivity index (χ4n) is 6.14. The van der Waals surface area contributed by atoms with Gasteiger partial charge in [0, 0.05) is 55.0 Å². The van der Waals surface area contributed by atoms with Crippen molar-refractivity contribution in [2.75, 3.05) is 20.2 Å². The zero-order valence-electron chi connectivity index (χ0n) is 21.6. The molecule has 0 spiro atoms. The second-order valence-corrected chi connectivity index (χ2v) is 10.5. The number of likely N-dealkylation sites (tertiary alicyclic amines) is 1. The number of ether oxygens (including phenoxy) is 1. The third kappa shape index (κ3) is 4.85. The highest BCUT2D eigenvalue weighted by Crippen LogP contribution is 2.37. The lowest BCUT2D eigenvalue weighted by atomic mass is 9.83. The van der Waals surface area contributed by atoms with Gasteiger partial charge in [-0.3, -0.25) is 24.3 Å². The first-order valence-electron chi connectivity index (χ1n) is 13.1. The van der Waals surface area contributed by atoms with Crippen molar-refractivity contribution in [2.24, 2.45) is 5.92 Å². The number of aromatic nitrogens is 2. The molecular formula is C30H29N3O6. The number of aromatic hydroxyl groups is 1. The van der Waals surface area contributed by atoms with Crippen LogP contribution in [0.2, 0.25) is 0 Å². The monoisotopic (exact) mass is 527 g/mol. The van der Waals surface area contributed by atoms with E-state index < -0.39 is 23.1 Å². The highest BCUT2D eigenvalue weighted by atomic mass is 16.5. The molecule has 1 N–H and O–H groups in total. The van der Waals surface area contributed by atoms with E-state index in [4.69, 9.17) is 9.15 Å². The molecule has 0 radical (unpaired) electrons. The van der Waals surface area contributed by atoms with Gasteiger partial charge in [-0.15, -0.1) is 0 Å². The number of benzene rings is 1. The van der Waals surface area contributed by atoms with E-state index in [2.05, 4.69) is 9.88 Å². The summed E-state index contributed by atoms with van der Waals surface area (Å²) in [4.78, 5) is 44.3. The summed E-state index contributed by atoms with van der Waals surface area (Å²) in [5.41, 5.74) is 2.01. The first-order chi connectivity index (χ1) is 18.9. The Morgan fingerprint density at radius 1 is 1.13 bits per heavy atom. The lowest BCUT2D eigenvalue weighted by molar-refractivity contribution is -0.140. The van der Waals surface area contributed by atoms with Gasteiger partial charge in [0.1, 0.15) is 5.76 Å². The van der Waals surface area contributed by atoms with E-state index in [9.17, 15) is 19.5 Å². The Labute approximate surface area is 224 Å². The van der Waals surface area contributed by atoms with Gasteiger partial charge < -0.3 is 18.8 Å². The minimum Gasteiger partial charge on any atom is -0.502 e. The molecule has 9 heteroatoms. The summed E-state index contributed by atoms with van der Waals surface area (Å²) in [6, 6.07) is 16.0. The number of rotatable bonds is 6. The van der Waals surface area contributed by atoms with Crippen LogP contribution in [0.3, 0.4) is 0 Å². The van der Waals surface area contributed by atoms with Gasteiger partial charge in [0.05, 0.1) is 31.5 Å². The molecule has 39 heavy (non-hydrogen) atoms. The summed E-state index contributed by atoms with van der Waals surface area (Å²) in [6.45, 7) is 2.54. The van der Waals surface area contributed by atoms with E-state index in [0.717, 1.165) is 36.1 Å². The minimum atomic E-state index is -0.728. The smallest absolute Gasteiger partial charge is 0.306 e. The standard InChI is InChI=1S/C30H29N3O6/c1-38-28(36)13-23(19-7-8-24-20(11-19)4-3-9-31-24)30-29(37)26(34)12-22(39-30)17-32-14-18-10-21(16-32)25-5-2-6-27(35)33(25)15-18/h2-9,11-12,18,21,23,37H,10,13-17H2,1H3. The Kier molecular flexibility index (Phi) is 6.52. The van der Waals surface area contributed by atoms with Crippen molar-refractivity contribution in [3.05, 3.63) is 104 Å². The predicted octanol–water partition coefficient (Wildman–Crippen LogP) is 3.37. The summed E-state index contributed by atoms with van der Waals surface area (Å²) in [5, 5.41) is 11.7. The third-order valence-corrected chi connectivity index (χ3v) is 7.88. The molecule has 3 atom stereocenters. The largest absolute Gasteiger partial charge is 0.502 e. The van der Waals surface area contributed by atoms with Crippen LogP contribution in [0.15, 0.2) is 74.8 Å². The van der Waals surface area contributed by atoms with Crippen LogP contribution < -0.4 is 11.0 Å². The van der Waals surface area contributed by atoms with Gasteiger partial charge in [-0.2, -0.15) is 0 Å². The zero-order valence-corrected chi connectivity index (χ0v) is 21.6. The van der Waals surface area contributed by atoms with Crippen molar-refractivity contribution in [1.29, 1.82) is 0 Å². The second-order valence-electron chi connectivity index (χ2n) is 10.5. The molecule has 3 unspecified atom stereocenters. The molecule has 2 aliphatic heterocycles. The number of carbonyl (C=O) groups excluding carboxylic acids is 1. The van der Waals surface area contributed by atoms with Crippen molar-refractivity contribution < 1.29 is 19.1 Å². The summed E-state index contributed by atoms with van der Waals surface area (Å²) in [6.07, 6.45) is 2.61. The average Bonchev–Trinajstić information content (AvgIpc) is 2.94. The van der Waals surface area contributed by atoms with Gasteiger partial charge in [-0.1, -0.05) is 18.2 Å². The summed E-state index contributed by atoms with van der Waals surface area (Å²) >= 11 is 0. The number of nitrogens with zero attached hydrogens (tertiary/aromatic N) is 3. The van der Waals surface area contributed by atoms with E-state index in [1.807, 2.05) is 47.0 Å². The molecule has 0 amide bonds. The third-order valence-electron chi connectivity index (χ3n) is 7.88. The molecule has 4 aromatic rings. The van der Waals surface area contributed by atoms with E-state index in [1.54, 1.807) is 12.3 Å². The molecule has 200 valence electrons. The Balaban J connectivity index is 1.33. The van der Waals surface area contributed by atoms with Crippen molar-refractivity contribution >= 4 is 16.9 Å². The molecule has 0 aliphatic carbocycles. The molecular weight excluding hydrogens is 498 g/mol. The number of carbonyl (C=O) groups is 1. The highest BCUT2D eigenvalue weighted by molar-refractivity contribution is 5.80. The van der Waals surface area contributed by atoms with E-state index in [0.29, 0.717) is 30.3 Å². The SMILES string of the molecule is COC(=O)CC(c1ccc2ncccc2c1)c1oc(CN2CC3CC(C2)c2cccc(=O)n2C3)cc(=O)c1O. The van der Waals surface area contributed by atoms with Crippen LogP contribution in [0.1, 0.15) is 47.5 Å². The Bertz CT molecular complexity index is 1680. The molecule has 2 aliphatic rings. The summed E-state index contributed by atoms with van der Waals surface area (Å²) < 4.78 is 13.0. The van der Waals surface area contributed by atoms with Crippen LogP contribution in [-0.2, 0) is 22.6 Å². The van der Waals surface area contributed by atoms with E-state index in [-0.39, 0.29) is 23.7 Å². The van der Waals surface area contributed by atoms with Crippen LogP contribution in [0.5, 0.6) is 5.75 Å². The first-order valence-corrected chi connectivity index (χ1v) is 13.1. The normalized spacial score (nSPS) is 19.4. The van der Waals surface area contributed by atoms with Crippen molar-refractivity contribution in [2.45, 2.75) is 37.8 Å². The number of hydrogen-bond donors (Lipinski definition) is 1. The summed E-state index contributed by atoms with van der Waals surface area (Å²) in [5.74, 6) is -0.741. The van der Waals surface area contributed by atoms with Crippen molar-refractivity contribution in [3.8, 4) is 5.75 Å². The predicted molar refractivity (Wildman–Crippen MR) is 144 cm³/mol. The quantitative estimate of drug-likeness (QED) is 0.380. The van der Waals surface area contributed by atoms with Crippen LogP contribution in [0.25, 0.3) is 10.9 Å². The van der Waals surface area contributed by atoms with Crippen LogP contribution in [0.4, 0.5) is 0 Å². The number of fused-ring (bicyclic) bond motifs is 5. The van der Waals surface area contributed by atoms with Crippen LogP contribution in [0, 0.1) is 5.92 Å². The maximum atomic E-state index is 12.9. The van der Waals surface area contributed by atoms with Crippen LogP contribution in [-0.4, -0.2) is 45.7 Å². The average molecular weight is 528 g/mol. The van der Waals surface area contributed by atoms with Gasteiger partial charge in [0.2, 0.25) is 11.2 Å². The fourth-order valence-corrected chi connectivity index (χ4v) is 6.14. The molecule has 1 aromatic carbocycles. The van der Waals surface area contributed by atoms with Gasteiger partial charge in [0.25, 0.3) is 5.56 Å². The molecule has 0 saturated carbocycles. The Morgan fingerprint density at radius 2 is 2.00 bits per heavy atom. The molecule has 1 saturated heterocycles.